The zero-order valence-corrected chi connectivity index (χ0v) is 11.0. The van der Waals surface area contributed by atoms with Crippen LogP contribution in [0.2, 0.25) is 0 Å². The summed E-state index contributed by atoms with van der Waals surface area (Å²) in [5.41, 5.74) is -0.363. The fourth-order valence-corrected chi connectivity index (χ4v) is 2.22. The molecule has 1 rings (SSSR count). The van der Waals surface area contributed by atoms with Gasteiger partial charge in [-0.25, -0.2) is 0 Å². The minimum atomic E-state index is -0.677. The van der Waals surface area contributed by atoms with Crippen molar-refractivity contribution in [1.82, 2.24) is 5.32 Å². The van der Waals surface area contributed by atoms with Crippen LogP contribution in [0, 0.1) is 11.3 Å². The predicted molar refractivity (Wildman–Crippen MR) is 65.5 cm³/mol. The summed E-state index contributed by atoms with van der Waals surface area (Å²) in [5, 5.41) is 12.7. The topological polar surface area (TPSA) is 49.3 Å². The molecule has 3 nitrogen and oxygen atoms in total. The number of carbonyl (C=O) groups is 1. The number of hydrogen-bond acceptors (Lipinski definition) is 2. The lowest BCUT2D eigenvalue weighted by atomic mass is 9.69. The number of nitrogens with one attached hydrogen (secondary N) is 1. The number of rotatable bonds is 4. The van der Waals surface area contributed by atoms with Crippen LogP contribution in [0.1, 0.15) is 53.4 Å². The molecule has 2 N–H and O–H groups in total. The monoisotopic (exact) mass is 227 g/mol. The van der Waals surface area contributed by atoms with Crippen molar-refractivity contribution in [3.05, 3.63) is 0 Å². The van der Waals surface area contributed by atoms with Gasteiger partial charge in [-0.3, -0.25) is 4.79 Å². The average molecular weight is 227 g/mol. The van der Waals surface area contributed by atoms with Crippen LogP contribution in [0.5, 0.6) is 0 Å². The molecule has 0 aliphatic heterocycles. The quantitative estimate of drug-likeness (QED) is 0.776. The Morgan fingerprint density at radius 3 is 2.12 bits per heavy atom. The van der Waals surface area contributed by atoms with E-state index in [0.29, 0.717) is 11.3 Å². The summed E-state index contributed by atoms with van der Waals surface area (Å²) in [5.74, 6) is -0.185. The van der Waals surface area contributed by atoms with Gasteiger partial charge >= 0.3 is 5.97 Å². The summed E-state index contributed by atoms with van der Waals surface area (Å²) < 4.78 is 0. The second-order valence-electron chi connectivity index (χ2n) is 6.33. The van der Waals surface area contributed by atoms with Crippen LogP contribution in [0.3, 0.4) is 0 Å². The molecular formula is C13H25NO2. The molecule has 0 saturated heterocycles. The van der Waals surface area contributed by atoms with E-state index in [2.05, 4.69) is 33.0 Å². The maximum atomic E-state index is 11.4. The van der Waals surface area contributed by atoms with Crippen molar-refractivity contribution in [2.24, 2.45) is 11.3 Å². The molecule has 0 unspecified atom stereocenters. The third-order valence-electron chi connectivity index (χ3n) is 3.72. The van der Waals surface area contributed by atoms with Crippen molar-refractivity contribution in [3.63, 3.8) is 0 Å². The molecule has 0 amide bonds. The molecule has 1 saturated carbocycles. The van der Waals surface area contributed by atoms with Crippen molar-refractivity contribution >= 4 is 5.97 Å². The van der Waals surface area contributed by atoms with Crippen molar-refractivity contribution in [2.45, 2.75) is 58.9 Å². The average Bonchev–Trinajstić information content (AvgIpc) is 2.16. The molecule has 0 heterocycles. The fourth-order valence-electron chi connectivity index (χ4n) is 2.22. The Morgan fingerprint density at radius 2 is 1.75 bits per heavy atom. The van der Waals surface area contributed by atoms with Gasteiger partial charge in [0.05, 0.1) is 0 Å². The highest BCUT2D eigenvalue weighted by atomic mass is 16.4. The van der Waals surface area contributed by atoms with Crippen molar-refractivity contribution in [3.8, 4) is 0 Å². The molecule has 0 bridgehead atoms. The lowest BCUT2D eigenvalue weighted by Crippen LogP contribution is -2.56. The number of carboxylic acids is 1. The van der Waals surface area contributed by atoms with Gasteiger partial charge in [-0.15, -0.1) is 0 Å². The first-order valence-electron chi connectivity index (χ1n) is 6.26. The van der Waals surface area contributed by atoms with Crippen molar-refractivity contribution < 1.29 is 9.90 Å². The van der Waals surface area contributed by atoms with Gasteiger partial charge in [0, 0.05) is 0 Å². The standard InChI is InChI=1S/C13H25NO2/c1-10(2)9-14-13(11(15)16)7-5-12(3,4)6-8-13/h10,14H,5-9H2,1-4H3,(H,15,16). The molecule has 0 atom stereocenters. The summed E-state index contributed by atoms with van der Waals surface area (Å²) in [7, 11) is 0. The normalized spacial score (nSPS) is 23.3. The van der Waals surface area contributed by atoms with Crippen LogP contribution in [-0.2, 0) is 4.79 Å². The van der Waals surface area contributed by atoms with Gasteiger partial charge in [0.25, 0.3) is 0 Å². The molecular weight excluding hydrogens is 202 g/mol. The van der Waals surface area contributed by atoms with E-state index in [0.717, 1.165) is 32.2 Å². The molecule has 0 radical (unpaired) electrons. The maximum absolute atomic E-state index is 11.4. The minimum absolute atomic E-state index is 0.304. The van der Waals surface area contributed by atoms with E-state index < -0.39 is 11.5 Å². The summed E-state index contributed by atoms with van der Waals surface area (Å²) in [6.07, 6.45) is 3.49. The third-order valence-corrected chi connectivity index (χ3v) is 3.72. The lowest BCUT2D eigenvalue weighted by molar-refractivity contribution is -0.147. The first-order chi connectivity index (χ1) is 7.27. The van der Waals surface area contributed by atoms with Gasteiger partial charge in [0.2, 0.25) is 0 Å². The van der Waals surface area contributed by atoms with Gasteiger partial charge in [0.15, 0.2) is 0 Å². The van der Waals surface area contributed by atoms with Gasteiger partial charge < -0.3 is 10.4 Å². The molecule has 0 aromatic carbocycles. The summed E-state index contributed by atoms with van der Waals surface area (Å²) >= 11 is 0. The number of carboxylic acid groups (broad SMARTS) is 1. The van der Waals surface area contributed by atoms with Gasteiger partial charge in [-0.05, 0) is 43.6 Å². The first kappa shape index (κ1) is 13.5. The highest BCUT2D eigenvalue weighted by molar-refractivity contribution is 5.79. The Hall–Kier alpha value is -0.570. The molecule has 1 aliphatic rings. The maximum Gasteiger partial charge on any atom is 0.323 e. The minimum Gasteiger partial charge on any atom is -0.480 e. The van der Waals surface area contributed by atoms with Crippen LogP contribution < -0.4 is 5.32 Å². The lowest BCUT2D eigenvalue weighted by Gasteiger charge is -2.41. The predicted octanol–water partition coefficient (Wildman–Crippen LogP) is 2.66. The fraction of sp³-hybridized carbons (Fsp3) is 0.923. The summed E-state index contributed by atoms with van der Waals surface area (Å²) in [6, 6.07) is 0. The van der Waals surface area contributed by atoms with Crippen molar-refractivity contribution in [2.75, 3.05) is 6.54 Å². The SMILES string of the molecule is CC(C)CNC1(C(=O)O)CCC(C)(C)CC1. The molecule has 0 spiro atoms. The van der Waals surface area contributed by atoms with E-state index in [4.69, 9.17) is 0 Å². The number of hydrogen-bond donors (Lipinski definition) is 2. The Morgan fingerprint density at radius 1 is 1.25 bits per heavy atom. The highest BCUT2D eigenvalue weighted by Gasteiger charge is 2.43. The molecule has 16 heavy (non-hydrogen) atoms. The molecule has 1 aliphatic carbocycles. The second-order valence-corrected chi connectivity index (χ2v) is 6.33. The summed E-state index contributed by atoms with van der Waals surface area (Å²) in [4.78, 5) is 11.4. The molecule has 0 aromatic rings. The van der Waals surface area contributed by atoms with Gasteiger partial charge in [-0.2, -0.15) is 0 Å². The van der Waals surface area contributed by atoms with Gasteiger partial charge in [0.1, 0.15) is 5.54 Å². The van der Waals surface area contributed by atoms with Crippen LogP contribution in [0.4, 0.5) is 0 Å². The van der Waals surface area contributed by atoms with Crippen LogP contribution in [0.15, 0.2) is 0 Å². The molecule has 3 heteroatoms. The van der Waals surface area contributed by atoms with E-state index in [1.807, 2.05) is 0 Å². The van der Waals surface area contributed by atoms with E-state index in [9.17, 15) is 9.90 Å². The van der Waals surface area contributed by atoms with Crippen LogP contribution >= 0.6 is 0 Å². The highest BCUT2D eigenvalue weighted by Crippen LogP contribution is 2.40. The Kier molecular flexibility index (Phi) is 4.00. The summed E-state index contributed by atoms with van der Waals surface area (Å²) in [6.45, 7) is 9.44. The zero-order valence-electron chi connectivity index (χ0n) is 11.0. The van der Waals surface area contributed by atoms with Crippen LogP contribution in [0.25, 0.3) is 0 Å². The van der Waals surface area contributed by atoms with Crippen LogP contribution in [-0.4, -0.2) is 23.2 Å². The third kappa shape index (κ3) is 3.21. The largest absolute Gasteiger partial charge is 0.480 e. The smallest absolute Gasteiger partial charge is 0.323 e. The van der Waals surface area contributed by atoms with E-state index >= 15 is 0 Å². The Bertz CT molecular complexity index is 243. The second kappa shape index (κ2) is 4.74. The molecule has 1 fully saturated rings. The van der Waals surface area contributed by atoms with Crippen molar-refractivity contribution in [1.29, 1.82) is 0 Å². The molecule has 0 aromatic heterocycles. The first-order valence-corrected chi connectivity index (χ1v) is 6.26. The number of aliphatic carboxylic acids is 1. The van der Waals surface area contributed by atoms with E-state index in [1.54, 1.807) is 0 Å². The Balaban J connectivity index is 2.65. The Labute approximate surface area is 98.6 Å². The zero-order chi connectivity index (χ0) is 12.4. The van der Waals surface area contributed by atoms with E-state index in [-0.39, 0.29) is 0 Å². The van der Waals surface area contributed by atoms with E-state index in [1.165, 1.54) is 0 Å². The molecule has 94 valence electrons. The van der Waals surface area contributed by atoms with Gasteiger partial charge in [-0.1, -0.05) is 27.7 Å².